The molecule has 0 heterocycles. The van der Waals surface area contributed by atoms with E-state index in [4.69, 9.17) is 5.73 Å². The van der Waals surface area contributed by atoms with Crippen LogP contribution in [0, 0.1) is 5.82 Å². The van der Waals surface area contributed by atoms with E-state index in [0.29, 0.717) is 0 Å². The number of benzene rings is 2. The highest BCUT2D eigenvalue weighted by Crippen LogP contribution is 2.26. The third-order valence-corrected chi connectivity index (χ3v) is 3.96. The van der Waals surface area contributed by atoms with Crippen LogP contribution >= 0.6 is 0 Å². The van der Waals surface area contributed by atoms with Gasteiger partial charge in [-0.2, -0.15) is 0 Å². The molecule has 0 bridgehead atoms. The summed E-state index contributed by atoms with van der Waals surface area (Å²) in [5, 5.41) is 0. The lowest BCUT2D eigenvalue weighted by atomic mass is 9.88. The van der Waals surface area contributed by atoms with Crippen molar-refractivity contribution in [2.75, 3.05) is 0 Å². The highest BCUT2D eigenvalue weighted by molar-refractivity contribution is 5.39. The van der Waals surface area contributed by atoms with Crippen LogP contribution in [0.1, 0.15) is 41.1 Å². The number of rotatable bonds is 2. The molecule has 2 aromatic carbocycles. The number of halogens is 1. The summed E-state index contributed by atoms with van der Waals surface area (Å²) in [7, 11) is 0. The van der Waals surface area contributed by atoms with Gasteiger partial charge in [-0.15, -0.1) is 0 Å². The minimum atomic E-state index is -0.221. The minimum Gasteiger partial charge on any atom is -0.320 e. The van der Waals surface area contributed by atoms with E-state index in [1.165, 1.54) is 42.5 Å². The van der Waals surface area contributed by atoms with E-state index < -0.39 is 0 Å². The largest absolute Gasteiger partial charge is 0.320 e. The van der Waals surface area contributed by atoms with Crippen molar-refractivity contribution >= 4 is 0 Å². The van der Waals surface area contributed by atoms with Gasteiger partial charge in [0.05, 0.1) is 6.04 Å². The van der Waals surface area contributed by atoms with Crippen LogP contribution in [-0.4, -0.2) is 0 Å². The zero-order valence-corrected chi connectivity index (χ0v) is 10.9. The van der Waals surface area contributed by atoms with Crippen LogP contribution in [0.2, 0.25) is 0 Å². The van der Waals surface area contributed by atoms with E-state index in [2.05, 4.69) is 18.2 Å². The average Bonchev–Trinajstić information content (AvgIpc) is 2.47. The SMILES string of the molecule is NC(c1ccc(F)cc1)c1ccc2c(c1)CCCC2. The van der Waals surface area contributed by atoms with E-state index in [1.54, 1.807) is 12.1 Å². The van der Waals surface area contributed by atoms with Gasteiger partial charge in [0.1, 0.15) is 5.82 Å². The lowest BCUT2D eigenvalue weighted by Crippen LogP contribution is -2.13. The fourth-order valence-corrected chi connectivity index (χ4v) is 2.81. The summed E-state index contributed by atoms with van der Waals surface area (Å²) in [4.78, 5) is 0. The highest BCUT2D eigenvalue weighted by atomic mass is 19.1. The molecule has 0 aliphatic heterocycles. The first kappa shape index (κ1) is 12.4. The summed E-state index contributed by atoms with van der Waals surface area (Å²) < 4.78 is 12.9. The number of hydrogen-bond acceptors (Lipinski definition) is 1. The van der Waals surface area contributed by atoms with Gasteiger partial charge >= 0.3 is 0 Å². The first-order valence-corrected chi connectivity index (χ1v) is 6.87. The third-order valence-electron chi connectivity index (χ3n) is 3.96. The van der Waals surface area contributed by atoms with Crippen molar-refractivity contribution in [2.24, 2.45) is 5.73 Å². The van der Waals surface area contributed by atoms with Crippen LogP contribution in [0.4, 0.5) is 4.39 Å². The molecule has 0 saturated carbocycles. The quantitative estimate of drug-likeness (QED) is 0.869. The second kappa shape index (κ2) is 5.14. The Kier molecular flexibility index (Phi) is 3.34. The summed E-state index contributed by atoms with van der Waals surface area (Å²) >= 11 is 0. The Labute approximate surface area is 113 Å². The lowest BCUT2D eigenvalue weighted by molar-refractivity contribution is 0.626. The Bertz CT molecular complexity index is 574. The first-order valence-electron chi connectivity index (χ1n) is 6.87. The number of nitrogens with two attached hydrogens (primary N) is 1. The fourth-order valence-electron chi connectivity index (χ4n) is 2.81. The predicted molar refractivity (Wildman–Crippen MR) is 75.5 cm³/mol. The van der Waals surface area contributed by atoms with Gasteiger partial charge < -0.3 is 5.73 Å². The van der Waals surface area contributed by atoms with Crippen molar-refractivity contribution in [3.8, 4) is 0 Å². The molecular formula is C17H18FN. The van der Waals surface area contributed by atoms with Crippen molar-refractivity contribution in [1.29, 1.82) is 0 Å². The van der Waals surface area contributed by atoms with Crippen LogP contribution < -0.4 is 5.73 Å². The summed E-state index contributed by atoms with van der Waals surface area (Å²) in [6.45, 7) is 0. The Morgan fingerprint density at radius 2 is 1.47 bits per heavy atom. The van der Waals surface area contributed by atoms with Crippen LogP contribution in [0.25, 0.3) is 0 Å². The third kappa shape index (κ3) is 2.54. The molecule has 2 aromatic rings. The van der Waals surface area contributed by atoms with Gasteiger partial charge in [-0.3, -0.25) is 0 Å². The topological polar surface area (TPSA) is 26.0 Å². The minimum absolute atomic E-state index is 0.173. The maximum atomic E-state index is 12.9. The molecule has 3 rings (SSSR count). The standard InChI is InChI=1S/C17H18FN/c18-16-9-7-13(8-10-16)17(19)15-6-5-12-3-1-2-4-14(12)11-15/h5-11,17H,1-4,19H2. The summed E-state index contributed by atoms with van der Waals surface area (Å²) in [5.74, 6) is -0.221. The molecule has 0 saturated heterocycles. The van der Waals surface area contributed by atoms with E-state index in [-0.39, 0.29) is 11.9 Å². The Morgan fingerprint density at radius 1 is 0.842 bits per heavy atom. The molecule has 19 heavy (non-hydrogen) atoms. The molecule has 1 aliphatic rings. The smallest absolute Gasteiger partial charge is 0.123 e. The van der Waals surface area contributed by atoms with E-state index >= 15 is 0 Å². The first-order chi connectivity index (χ1) is 9.24. The van der Waals surface area contributed by atoms with Crippen molar-refractivity contribution in [1.82, 2.24) is 0 Å². The Balaban J connectivity index is 1.91. The number of fused-ring (bicyclic) bond motifs is 1. The molecule has 98 valence electrons. The molecule has 0 aromatic heterocycles. The second-order valence-electron chi connectivity index (χ2n) is 5.26. The van der Waals surface area contributed by atoms with Crippen LogP contribution in [0.3, 0.4) is 0 Å². The normalized spacial score (nSPS) is 15.9. The molecule has 1 aliphatic carbocycles. The van der Waals surface area contributed by atoms with E-state index in [1.807, 2.05) is 0 Å². The maximum absolute atomic E-state index is 12.9. The molecule has 0 amide bonds. The second-order valence-corrected chi connectivity index (χ2v) is 5.26. The summed E-state index contributed by atoms with van der Waals surface area (Å²) in [6.07, 6.45) is 4.89. The molecule has 0 fully saturated rings. The van der Waals surface area contributed by atoms with Crippen molar-refractivity contribution in [3.05, 3.63) is 70.5 Å². The molecule has 1 atom stereocenters. The lowest BCUT2D eigenvalue weighted by Gasteiger charge is -2.19. The average molecular weight is 255 g/mol. The molecule has 1 unspecified atom stereocenters. The van der Waals surface area contributed by atoms with E-state index in [0.717, 1.165) is 17.5 Å². The molecule has 0 radical (unpaired) electrons. The molecule has 1 nitrogen and oxygen atoms in total. The van der Waals surface area contributed by atoms with Crippen LogP contribution in [-0.2, 0) is 12.8 Å². The Morgan fingerprint density at radius 3 is 2.21 bits per heavy atom. The summed E-state index contributed by atoms with van der Waals surface area (Å²) in [6, 6.07) is 12.8. The fraction of sp³-hybridized carbons (Fsp3) is 0.294. The molecular weight excluding hydrogens is 237 g/mol. The van der Waals surface area contributed by atoms with E-state index in [9.17, 15) is 4.39 Å². The van der Waals surface area contributed by atoms with Gasteiger partial charge in [-0.1, -0.05) is 30.3 Å². The predicted octanol–water partition coefficient (Wildman–Crippen LogP) is 3.75. The highest BCUT2D eigenvalue weighted by Gasteiger charge is 2.13. The van der Waals surface area contributed by atoms with Gasteiger partial charge in [0.2, 0.25) is 0 Å². The van der Waals surface area contributed by atoms with Crippen molar-refractivity contribution < 1.29 is 4.39 Å². The molecule has 0 spiro atoms. The maximum Gasteiger partial charge on any atom is 0.123 e. The van der Waals surface area contributed by atoms with Gasteiger partial charge in [-0.25, -0.2) is 4.39 Å². The van der Waals surface area contributed by atoms with Gasteiger partial charge in [0, 0.05) is 0 Å². The zero-order valence-electron chi connectivity index (χ0n) is 10.9. The van der Waals surface area contributed by atoms with Gasteiger partial charge in [0.25, 0.3) is 0 Å². The monoisotopic (exact) mass is 255 g/mol. The number of hydrogen-bond donors (Lipinski definition) is 1. The zero-order chi connectivity index (χ0) is 13.2. The van der Waals surface area contributed by atoms with Gasteiger partial charge in [0.15, 0.2) is 0 Å². The summed E-state index contributed by atoms with van der Waals surface area (Å²) in [5.41, 5.74) is 11.2. The molecule has 2 N–H and O–H groups in total. The van der Waals surface area contributed by atoms with Crippen LogP contribution in [0.15, 0.2) is 42.5 Å². The van der Waals surface area contributed by atoms with Crippen LogP contribution in [0.5, 0.6) is 0 Å². The molecule has 2 heteroatoms. The number of aryl methyl sites for hydroxylation is 2. The Hall–Kier alpha value is -1.67. The van der Waals surface area contributed by atoms with Crippen molar-refractivity contribution in [3.63, 3.8) is 0 Å². The van der Waals surface area contributed by atoms with Gasteiger partial charge in [-0.05, 0) is 60.1 Å². The van der Waals surface area contributed by atoms with Crippen molar-refractivity contribution in [2.45, 2.75) is 31.7 Å².